The highest BCUT2D eigenvalue weighted by atomic mass is 35.6. The fourth-order valence-corrected chi connectivity index (χ4v) is 2.71. The van der Waals surface area contributed by atoms with E-state index in [0.717, 1.165) is 5.69 Å². The molecular formula is C9H13Cl2NSi. The molecule has 0 aliphatic carbocycles. The molecule has 0 heterocycles. The maximum absolute atomic E-state index is 6.34. The fourth-order valence-electron chi connectivity index (χ4n) is 1.01. The molecule has 0 bridgehead atoms. The van der Waals surface area contributed by atoms with Crippen LogP contribution in [0, 0.1) is 0 Å². The fraction of sp³-hybridized carbons (Fsp3) is 0.333. The molecule has 0 amide bonds. The minimum absolute atomic E-state index is 0.528. The second-order valence-electron chi connectivity index (χ2n) is 3.17. The Labute approximate surface area is 90.1 Å². The van der Waals surface area contributed by atoms with Crippen LogP contribution in [-0.4, -0.2) is 20.1 Å². The highest BCUT2D eigenvalue weighted by molar-refractivity contribution is 7.23. The number of halogens is 2. The lowest BCUT2D eigenvalue weighted by atomic mass is 10.3. The Kier molecular flexibility index (Phi) is 3.65. The number of hydrogen-bond donors (Lipinski definition) is 0. The Bertz CT molecular complexity index is 264. The molecule has 0 saturated heterocycles. The number of benzene rings is 1. The monoisotopic (exact) mass is 233 g/mol. The van der Waals surface area contributed by atoms with Crippen molar-refractivity contribution in [3.63, 3.8) is 0 Å². The van der Waals surface area contributed by atoms with Gasteiger partial charge in [-0.05, 0) is 25.7 Å². The third-order valence-electron chi connectivity index (χ3n) is 2.09. The summed E-state index contributed by atoms with van der Waals surface area (Å²) in [6.07, 6.45) is 0. The van der Waals surface area contributed by atoms with Gasteiger partial charge in [0.05, 0.1) is 0 Å². The molecule has 1 nitrogen and oxygen atoms in total. The van der Waals surface area contributed by atoms with Gasteiger partial charge in [0.2, 0.25) is 0 Å². The lowest BCUT2D eigenvalue weighted by Gasteiger charge is -2.31. The Morgan fingerprint density at radius 2 is 1.85 bits per heavy atom. The average Bonchev–Trinajstić information content (AvgIpc) is 2.18. The van der Waals surface area contributed by atoms with E-state index in [1.54, 1.807) is 0 Å². The van der Waals surface area contributed by atoms with Crippen molar-refractivity contribution in [2.75, 3.05) is 17.1 Å². The lowest BCUT2D eigenvalue weighted by Crippen LogP contribution is -2.46. The van der Waals surface area contributed by atoms with E-state index in [9.17, 15) is 0 Å². The molecule has 72 valence electrons. The van der Waals surface area contributed by atoms with Gasteiger partial charge in [-0.15, -0.1) is 22.7 Å². The third kappa shape index (κ3) is 2.63. The van der Waals surface area contributed by atoms with Crippen LogP contribution in [0.4, 0.5) is 5.69 Å². The predicted molar refractivity (Wildman–Crippen MR) is 63.0 cm³/mol. The first kappa shape index (κ1) is 10.9. The standard InChI is InChI=1S/C9H13Cl2NSi/c1-12(13(2,11)8-10)9-6-4-3-5-7-9/h3-7H,8H2,1-2H3. The van der Waals surface area contributed by atoms with E-state index >= 15 is 0 Å². The Hall–Kier alpha value is -0.183. The predicted octanol–water partition coefficient (Wildman–Crippen LogP) is 3.21. The second kappa shape index (κ2) is 4.36. The van der Waals surface area contributed by atoms with Gasteiger partial charge in [0.15, 0.2) is 0 Å². The third-order valence-corrected chi connectivity index (χ3v) is 7.36. The van der Waals surface area contributed by atoms with E-state index in [4.69, 9.17) is 22.7 Å². The summed E-state index contributed by atoms with van der Waals surface area (Å²) in [5, 5.41) is 0. The number of alkyl halides is 1. The van der Waals surface area contributed by atoms with Crippen molar-refractivity contribution in [2.45, 2.75) is 6.55 Å². The van der Waals surface area contributed by atoms with Crippen molar-refractivity contribution in [1.82, 2.24) is 0 Å². The van der Waals surface area contributed by atoms with E-state index in [1.165, 1.54) is 0 Å². The molecule has 1 atom stereocenters. The van der Waals surface area contributed by atoms with E-state index in [-0.39, 0.29) is 0 Å². The summed E-state index contributed by atoms with van der Waals surface area (Å²) < 4.78 is 2.10. The van der Waals surface area contributed by atoms with Crippen molar-refractivity contribution in [3.8, 4) is 0 Å². The lowest BCUT2D eigenvalue weighted by molar-refractivity contribution is 1.27. The van der Waals surface area contributed by atoms with Crippen LogP contribution in [0.3, 0.4) is 0 Å². The van der Waals surface area contributed by atoms with Gasteiger partial charge in [0, 0.05) is 11.2 Å². The van der Waals surface area contributed by atoms with E-state index in [0.29, 0.717) is 5.50 Å². The minimum Gasteiger partial charge on any atom is -0.388 e. The van der Waals surface area contributed by atoms with Gasteiger partial charge in [-0.1, -0.05) is 18.2 Å². The van der Waals surface area contributed by atoms with Crippen molar-refractivity contribution in [2.24, 2.45) is 0 Å². The molecule has 0 aromatic heterocycles. The Morgan fingerprint density at radius 3 is 2.31 bits per heavy atom. The smallest absolute Gasteiger partial charge is 0.267 e. The minimum atomic E-state index is -1.95. The van der Waals surface area contributed by atoms with Crippen LogP contribution in [0.15, 0.2) is 30.3 Å². The van der Waals surface area contributed by atoms with Gasteiger partial charge in [0.1, 0.15) is 0 Å². The van der Waals surface area contributed by atoms with Gasteiger partial charge in [-0.2, -0.15) is 0 Å². The number of para-hydroxylation sites is 1. The zero-order valence-corrected chi connectivity index (χ0v) is 10.3. The summed E-state index contributed by atoms with van der Waals surface area (Å²) >= 11 is 12.2. The Balaban J connectivity index is 2.85. The quantitative estimate of drug-likeness (QED) is 0.441. The van der Waals surface area contributed by atoms with Crippen LogP contribution >= 0.6 is 22.7 Å². The van der Waals surface area contributed by atoms with E-state index in [2.05, 4.69) is 4.57 Å². The molecule has 0 N–H and O–H groups in total. The molecule has 0 saturated carbocycles. The Morgan fingerprint density at radius 1 is 1.31 bits per heavy atom. The van der Waals surface area contributed by atoms with Crippen molar-refractivity contribution in [1.29, 1.82) is 0 Å². The van der Waals surface area contributed by atoms with Crippen LogP contribution in [-0.2, 0) is 0 Å². The number of hydrogen-bond acceptors (Lipinski definition) is 1. The molecule has 0 aliphatic rings. The first-order valence-corrected chi connectivity index (χ1v) is 8.32. The zero-order valence-electron chi connectivity index (χ0n) is 7.80. The molecule has 0 spiro atoms. The van der Waals surface area contributed by atoms with Gasteiger partial charge >= 0.3 is 0 Å². The maximum atomic E-state index is 6.34. The number of nitrogens with zero attached hydrogens (tertiary/aromatic N) is 1. The van der Waals surface area contributed by atoms with E-state index in [1.807, 2.05) is 43.9 Å². The first-order valence-electron chi connectivity index (χ1n) is 4.11. The molecule has 13 heavy (non-hydrogen) atoms. The van der Waals surface area contributed by atoms with Crippen LogP contribution < -0.4 is 4.57 Å². The van der Waals surface area contributed by atoms with Crippen molar-refractivity contribution >= 4 is 35.9 Å². The molecule has 0 radical (unpaired) electrons. The molecule has 1 unspecified atom stereocenters. The normalized spacial score (nSPS) is 15.1. The summed E-state index contributed by atoms with van der Waals surface area (Å²) in [5.74, 6) is 0. The van der Waals surface area contributed by atoms with Gasteiger partial charge in [-0.25, -0.2) is 0 Å². The summed E-state index contributed by atoms with van der Waals surface area (Å²) in [7, 11) is 0.0465. The maximum Gasteiger partial charge on any atom is 0.267 e. The molecule has 1 aromatic rings. The summed E-state index contributed by atoms with van der Waals surface area (Å²) in [5.41, 5.74) is 1.66. The SMILES string of the molecule is CN(c1ccccc1)[Si](C)(Cl)CCl. The van der Waals surface area contributed by atoms with Crippen LogP contribution in [0.25, 0.3) is 0 Å². The van der Waals surface area contributed by atoms with Gasteiger partial charge in [-0.3, -0.25) is 0 Å². The molecule has 1 rings (SSSR count). The number of anilines is 1. The van der Waals surface area contributed by atoms with Gasteiger partial charge in [0.25, 0.3) is 7.55 Å². The average molecular weight is 234 g/mol. The first-order chi connectivity index (χ1) is 6.08. The number of rotatable bonds is 3. The van der Waals surface area contributed by atoms with E-state index < -0.39 is 7.55 Å². The molecule has 4 heteroatoms. The highest BCUT2D eigenvalue weighted by Crippen LogP contribution is 2.22. The molecule has 1 aromatic carbocycles. The van der Waals surface area contributed by atoms with Crippen LogP contribution in [0.1, 0.15) is 0 Å². The highest BCUT2D eigenvalue weighted by Gasteiger charge is 2.29. The topological polar surface area (TPSA) is 3.24 Å². The summed E-state index contributed by atoms with van der Waals surface area (Å²) in [6.45, 7) is 2.04. The van der Waals surface area contributed by atoms with Crippen molar-refractivity contribution < 1.29 is 0 Å². The summed E-state index contributed by atoms with van der Waals surface area (Å²) in [4.78, 5) is 0. The molecule has 0 fully saturated rings. The molecular weight excluding hydrogens is 221 g/mol. The second-order valence-corrected chi connectivity index (χ2v) is 9.64. The van der Waals surface area contributed by atoms with Gasteiger partial charge < -0.3 is 4.57 Å². The summed E-state index contributed by atoms with van der Waals surface area (Å²) in [6, 6.07) is 10.1. The van der Waals surface area contributed by atoms with Crippen molar-refractivity contribution in [3.05, 3.63) is 30.3 Å². The van der Waals surface area contributed by atoms with Crippen LogP contribution in [0.5, 0.6) is 0 Å². The zero-order chi connectivity index (χ0) is 9.90. The van der Waals surface area contributed by atoms with Crippen LogP contribution in [0.2, 0.25) is 6.55 Å². The largest absolute Gasteiger partial charge is 0.388 e. The molecule has 0 aliphatic heterocycles.